The van der Waals surface area contributed by atoms with E-state index in [0.717, 1.165) is 12.8 Å². The smallest absolute Gasteiger partial charge is 0.221 e. The molecule has 1 amide bonds. The number of amides is 1. The van der Waals surface area contributed by atoms with Gasteiger partial charge in [-0.25, -0.2) is 8.42 Å². The molecule has 2 fully saturated rings. The van der Waals surface area contributed by atoms with Crippen LogP contribution in [0.3, 0.4) is 0 Å². The number of hydrogen-bond acceptors (Lipinski definition) is 4. The van der Waals surface area contributed by atoms with Crippen LogP contribution in [0, 0.1) is 5.92 Å². The monoisotopic (exact) mass is 274 g/mol. The maximum Gasteiger partial charge on any atom is 0.221 e. The van der Waals surface area contributed by atoms with Crippen molar-refractivity contribution in [3.05, 3.63) is 0 Å². The molecule has 6 heteroatoms. The maximum atomic E-state index is 11.8. The number of nitrogens with one attached hydrogen (secondary N) is 2. The van der Waals surface area contributed by atoms with Crippen molar-refractivity contribution in [1.29, 1.82) is 0 Å². The van der Waals surface area contributed by atoms with Crippen LogP contribution < -0.4 is 10.6 Å². The number of carbonyl (C=O) groups excluding carboxylic acids is 1. The van der Waals surface area contributed by atoms with Crippen molar-refractivity contribution < 1.29 is 13.2 Å². The van der Waals surface area contributed by atoms with Crippen LogP contribution in [-0.4, -0.2) is 44.5 Å². The van der Waals surface area contributed by atoms with Gasteiger partial charge in [-0.15, -0.1) is 0 Å². The fraction of sp³-hybridized carbons (Fsp3) is 0.917. The van der Waals surface area contributed by atoms with Crippen LogP contribution in [0.25, 0.3) is 0 Å². The standard InChI is InChI=1S/C12H22N2O3S/c1-2-3-9-6-11(9)14-12(15)7-10-8-18(16,17)5-4-13-10/h9-11,13H,2-8H2,1H3,(H,14,15). The van der Waals surface area contributed by atoms with Gasteiger partial charge in [-0.2, -0.15) is 0 Å². The second kappa shape index (κ2) is 5.57. The molecule has 18 heavy (non-hydrogen) atoms. The highest BCUT2D eigenvalue weighted by Gasteiger charge is 2.37. The Morgan fingerprint density at radius 2 is 2.22 bits per heavy atom. The van der Waals surface area contributed by atoms with E-state index in [1.807, 2.05) is 0 Å². The molecule has 1 saturated heterocycles. The Hall–Kier alpha value is -0.620. The van der Waals surface area contributed by atoms with Gasteiger partial charge in [0, 0.05) is 25.0 Å². The molecule has 0 aromatic heterocycles. The van der Waals surface area contributed by atoms with Gasteiger partial charge < -0.3 is 10.6 Å². The molecule has 1 aliphatic heterocycles. The SMILES string of the molecule is CCCC1CC1NC(=O)CC1CS(=O)(=O)CCN1. The van der Waals surface area contributed by atoms with Gasteiger partial charge in [-0.1, -0.05) is 13.3 Å². The predicted molar refractivity (Wildman–Crippen MR) is 70.0 cm³/mol. The number of hydrogen-bond donors (Lipinski definition) is 2. The van der Waals surface area contributed by atoms with Gasteiger partial charge in [0.25, 0.3) is 0 Å². The highest BCUT2D eigenvalue weighted by molar-refractivity contribution is 7.91. The molecular weight excluding hydrogens is 252 g/mol. The van der Waals surface area contributed by atoms with E-state index in [-0.39, 0.29) is 29.9 Å². The highest BCUT2D eigenvalue weighted by atomic mass is 32.2. The fourth-order valence-corrected chi connectivity index (χ4v) is 4.05. The van der Waals surface area contributed by atoms with Gasteiger partial charge in [0.2, 0.25) is 5.91 Å². The normalized spacial score (nSPS) is 33.9. The van der Waals surface area contributed by atoms with Crippen LogP contribution in [0.5, 0.6) is 0 Å². The van der Waals surface area contributed by atoms with Gasteiger partial charge in [0.15, 0.2) is 9.84 Å². The van der Waals surface area contributed by atoms with Gasteiger partial charge in [-0.05, 0) is 18.8 Å². The molecule has 5 nitrogen and oxygen atoms in total. The molecule has 1 saturated carbocycles. The molecule has 3 unspecified atom stereocenters. The molecule has 0 aromatic rings. The van der Waals surface area contributed by atoms with E-state index in [0.29, 0.717) is 18.5 Å². The fourth-order valence-electron chi connectivity index (χ4n) is 2.60. The van der Waals surface area contributed by atoms with E-state index >= 15 is 0 Å². The summed E-state index contributed by atoms with van der Waals surface area (Å²) >= 11 is 0. The van der Waals surface area contributed by atoms with Crippen molar-refractivity contribution in [2.45, 2.75) is 44.7 Å². The number of carbonyl (C=O) groups is 1. The predicted octanol–water partition coefficient (Wildman–Crippen LogP) is 0.0679. The molecule has 0 spiro atoms. The molecule has 0 aromatic carbocycles. The third-order valence-electron chi connectivity index (χ3n) is 3.66. The zero-order chi connectivity index (χ0) is 13.2. The van der Waals surface area contributed by atoms with Gasteiger partial charge in [0.1, 0.15) is 0 Å². The lowest BCUT2D eigenvalue weighted by Gasteiger charge is -2.23. The Morgan fingerprint density at radius 1 is 1.44 bits per heavy atom. The summed E-state index contributed by atoms with van der Waals surface area (Å²) in [6.07, 6.45) is 3.67. The molecule has 2 rings (SSSR count). The lowest BCUT2D eigenvalue weighted by atomic mass is 10.2. The van der Waals surface area contributed by atoms with Crippen molar-refractivity contribution in [2.75, 3.05) is 18.1 Å². The van der Waals surface area contributed by atoms with E-state index in [1.165, 1.54) is 6.42 Å². The minimum absolute atomic E-state index is 0.0202. The Kier molecular flexibility index (Phi) is 4.27. The van der Waals surface area contributed by atoms with E-state index in [2.05, 4.69) is 17.6 Å². The van der Waals surface area contributed by atoms with Crippen molar-refractivity contribution in [3.8, 4) is 0 Å². The summed E-state index contributed by atoms with van der Waals surface area (Å²) < 4.78 is 22.9. The maximum absolute atomic E-state index is 11.8. The second-order valence-corrected chi connectivity index (χ2v) is 7.66. The average molecular weight is 274 g/mol. The van der Waals surface area contributed by atoms with E-state index < -0.39 is 9.84 Å². The van der Waals surface area contributed by atoms with E-state index in [1.54, 1.807) is 0 Å². The number of sulfone groups is 1. The first kappa shape index (κ1) is 13.8. The molecule has 1 aliphatic carbocycles. The van der Waals surface area contributed by atoms with Crippen LogP contribution >= 0.6 is 0 Å². The van der Waals surface area contributed by atoms with Crippen molar-refractivity contribution in [3.63, 3.8) is 0 Å². The van der Waals surface area contributed by atoms with E-state index in [9.17, 15) is 13.2 Å². The summed E-state index contributed by atoms with van der Waals surface area (Å²) in [4.78, 5) is 11.8. The summed E-state index contributed by atoms with van der Waals surface area (Å²) in [6, 6.07) is 0.116. The highest BCUT2D eigenvalue weighted by Crippen LogP contribution is 2.34. The molecule has 2 N–H and O–H groups in total. The molecule has 0 bridgehead atoms. The largest absolute Gasteiger partial charge is 0.353 e. The Labute approximate surface area is 109 Å². The molecule has 104 valence electrons. The molecule has 1 heterocycles. The van der Waals surface area contributed by atoms with Crippen LogP contribution in [0.4, 0.5) is 0 Å². The van der Waals surface area contributed by atoms with Gasteiger partial charge >= 0.3 is 0 Å². The van der Waals surface area contributed by atoms with Crippen molar-refractivity contribution in [1.82, 2.24) is 10.6 Å². The summed E-state index contributed by atoms with van der Waals surface area (Å²) in [6.45, 7) is 2.61. The summed E-state index contributed by atoms with van der Waals surface area (Å²) in [5.74, 6) is 0.894. The van der Waals surface area contributed by atoms with Crippen LogP contribution in [-0.2, 0) is 14.6 Å². The van der Waals surface area contributed by atoms with Crippen molar-refractivity contribution >= 4 is 15.7 Å². The third kappa shape index (κ3) is 3.95. The molecule has 3 atom stereocenters. The Morgan fingerprint density at radius 3 is 2.89 bits per heavy atom. The first-order valence-electron chi connectivity index (χ1n) is 6.73. The van der Waals surface area contributed by atoms with Crippen molar-refractivity contribution in [2.24, 2.45) is 5.92 Å². The van der Waals surface area contributed by atoms with E-state index in [4.69, 9.17) is 0 Å². The second-order valence-electron chi connectivity index (χ2n) is 5.43. The average Bonchev–Trinajstić information content (AvgIpc) is 2.94. The Bertz CT molecular complexity index is 408. The third-order valence-corrected chi connectivity index (χ3v) is 5.40. The minimum atomic E-state index is -2.95. The number of rotatable bonds is 5. The van der Waals surface area contributed by atoms with Crippen LogP contribution in [0.15, 0.2) is 0 Å². The quantitative estimate of drug-likeness (QED) is 0.744. The summed E-state index contributed by atoms with van der Waals surface area (Å²) in [7, 11) is -2.95. The first-order chi connectivity index (χ1) is 8.50. The topological polar surface area (TPSA) is 75.3 Å². The lowest BCUT2D eigenvalue weighted by molar-refractivity contribution is -0.121. The summed E-state index contributed by atoms with van der Waals surface area (Å²) in [5.41, 5.74) is 0. The molecular formula is C12H22N2O3S. The van der Waals surface area contributed by atoms with Crippen LogP contribution in [0.1, 0.15) is 32.6 Å². The van der Waals surface area contributed by atoms with Crippen LogP contribution in [0.2, 0.25) is 0 Å². The van der Waals surface area contributed by atoms with Gasteiger partial charge in [0.05, 0.1) is 11.5 Å². The molecule has 2 aliphatic rings. The Balaban J connectivity index is 1.72. The lowest BCUT2D eigenvalue weighted by Crippen LogP contribution is -2.47. The summed E-state index contributed by atoms with van der Waals surface area (Å²) in [5, 5.41) is 6.09. The molecule has 0 radical (unpaired) electrons. The first-order valence-corrected chi connectivity index (χ1v) is 8.55. The van der Waals surface area contributed by atoms with Gasteiger partial charge in [-0.3, -0.25) is 4.79 Å². The zero-order valence-electron chi connectivity index (χ0n) is 10.8. The minimum Gasteiger partial charge on any atom is -0.353 e. The zero-order valence-corrected chi connectivity index (χ0v) is 11.6.